The second-order valence-electron chi connectivity index (χ2n) is 20.2. The highest BCUT2D eigenvalue weighted by atomic mass is 16.8. The molecule has 3 aliphatic heterocycles. The molecule has 16 nitrogen and oxygen atoms in total. The van der Waals surface area contributed by atoms with Crippen LogP contribution in [0, 0.1) is 0 Å². The summed E-state index contributed by atoms with van der Waals surface area (Å²) in [5.74, 6) is -0.507. The van der Waals surface area contributed by atoms with Crippen molar-refractivity contribution in [3.8, 4) is 0 Å². The molecule has 3 fully saturated rings. The summed E-state index contributed by atoms with van der Waals surface area (Å²) in [7, 11) is 0. The maximum atomic E-state index is 13.3. The molecule has 6 unspecified atom stereocenters. The van der Waals surface area contributed by atoms with E-state index in [0.717, 1.165) is 116 Å². The van der Waals surface area contributed by atoms with Gasteiger partial charge in [-0.25, -0.2) is 0 Å². The van der Waals surface area contributed by atoms with Crippen LogP contribution in [-0.2, 0) is 75.8 Å². The average molecular weight is 1050 g/mol. The Morgan fingerprint density at radius 3 is 0.959 bits per heavy atom. The van der Waals surface area contributed by atoms with Gasteiger partial charge in [0.05, 0.1) is 25.9 Å². The third kappa shape index (κ3) is 23.8. The van der Waals surface area contributed by atoms with Crippen molar-refractivity contribution in [1.82, 2.24) is 0 Å². The van der Waals surface area contributed by atoms with Crippen LogP contribution in [-0.4, -0.2) is 177 Å². The second-order valence-corrected chi connectivity index (χ2v) is 20.2. The van der Waals surface area contributed by atoms with Gasteiger partial charge >= 0.3 is 5.97 Å². The first-order valence-electron chi connectivity index (χ1n) is 29.5. The molecule has 3 saturated heterocycles. The molecule has 3 rings (SSSR count). The molecule has 0 saturated carbocycles. The molecule has 0 aromatic heterocycles. The predicted octanol–water partition coefficient (Wildman–Crippen LogP) is 10.5. The van der Waals surface area contributed by atoms with E-state index in [1.165, 1.54) is 6.92 Å². The molecule has 3 heterocycles. The van der Waals surface area contributed by atoms with E-state index in [1.54, 1.807) is 0 Å². The van der Waals surface area contributed by atoms with Crippen LogP contribution in [0.5, 0.6) is 0 Å². The minimum atomic E-state index is -1.20. The molecule has 0 amide bonds. The first-order chi connectivity index (χ1) is 35.7. The third-order valence-corrected chi connectivity index (χ3v) is 13.6. The highest BCUT2D eigenvalue weighted by Gasteiger charge is 2.57. The van der Waals surface area contributed by atoms with Crippen molar-refractivity contribution in [2.75, 3.05) is 79.3 Å². The molecule has 432 valence electrons. The van der Waals surface area contributed by atoms with Crippen LogP contribution in [0.1, 0.15) is 192 Å². The summed E-state index contributed by atoms with van der Waals surface area (Å²) in [6.45, 7) is 28.0. The fourth-order valence-electron chi connectivity index (χ4n) is 9.13. The highest BCUT2D eigenvalue weighted by Crippen LogP contribution is 2.38. The van der Waals surface area contributed by atoms with Gasteiger partial charge < -0.3 is 71.1 Å². The fraction of sp³-hybridized carbons (Fsp3) is 0.982. The van der Waals surface area contributed by atoms with Gasteiger partial charge in [-0.2, -0.15) is 0 Å². The number of carbonyl (C=O) groups excluding carboxylic acids is 1. The molecule has 3 aliphatic rings. The number of esters is 1. The maximum absolute atomic E-state index is 13.3. The Morgan fingerprint density at radius 1 is 0.342 bits per heavy atom. The lowest BCUT2D eigenvalue weighted by molar-refractivity contribution is -0.391. The van der Waals surface area contributed by atoms with Crippen LogP contribution in [0.25, 0.3) is 0 Å². The van der Waals surface area contributed by atoms with E-state index in [1.807, 2.05) is 6.92 Å². The summed E-state index contributed by atoms with van der Waals surface area (Å²) in [6.07, 6.45) is 5.33. The lowest BCUT2D eigenvalue weighted by Gasteiger charge is -2.52. The average Bonchev–Trinajstić information content (AvgIpc) is 3.37. The first kappa shape index (κ1) is 66.2. The van der Waals surface area contributed by atoms with Crippen LogP contribution in [0.3, 0.4) is 0 Å². The summed E-state index contributed by atoms with van der Waals surface area (Å²) >= 11 is 0. The van der Waals surface area contributed by atoms with E-state index in [-0.39, 0.29) is 13.2 Å². The van der Waals surface area contributed by atoms with Gasteiger partial charge in [-0.15, -0.1) is 0 Å². The molecule has 73 heavy (non-hydrogen) atoms. The zero-order valence-corrected chi connectivity index (χ0v) is 47.9. The van der Waals surface area contributed by atoms with Gasteiger partial charge in [0, 0.05) is 66.4 Å². The van der Waals surface area contributed by atoms with Gasteiger partial charge in [-0.3, -0.25) is 4.79 Å². The first-order valence-corrected chi connectivity index (χ1v) is 29.5. The SMILES string of the molecule is CCCCOCC1O[C@H](O[C@@H]2C(OCCCC)[C@H](OCCCC)C(COCCCC)O[C@@H]2O[C@@H]2C(OCCCC)[C@H](OCCCC)C(COCCCC)O[C@@H]2C)[C@H](OC(C)=O)C(OCCCC)[C@@H]1OCCCC. The van der Waals surface area contributed by atoms with Crippen LogP contribution >= 0.6 is 0 Å². The fourth-order valence-corrected chi connectivity index (χ4v) is 9.13. The monoisotopic (exact) mass is 1050 g/mol. The van der Waals surface area contributed by atoms with Gasteiger partial charge in [0.15, 0.2) is 18.7 Å². The second kappa shape index (κ2) is 41.0. The van der Waals surface area contributed by atoms with E-state index >= 15 is 0 Å². The van der Waals surface area contributed by atoms with Gasteiger partial charge in [0.1, 0.15) is 67.1 Å². The smallest absolute Gasteiger partial charge is 0.303 e. The Morgan fingerprint density at radius 2 is 0.616 bits per heavy atom. The number of hydrogen-bond acceptors (Lipinski definition) is 16. The van der Waals surface area contributed by atoms with Crippen LogP contribution in [0.4, 0.5) is 0 Å². The minimum absolute atomic E-state index is 0.213. The topological polar surface area (TPSA) is 156 Å². The third-order valence-electron chi connectivity index (χ3n) is 13.6. The van der Waals surface area contributed by atoms with E-state index in [0.29, 0.717) is 66.1 Å². The van der Waals surface area contributed by atoms with E-state index < -0.39 is 97.9 Å². The number of ether oxygens (including phenoxy) is 15. The lowest BCUT2D eigenvalue weighted by atomic mass is 9.93. The summed E-state index contributed by atoms with van der Waals surface area (Å²) in [6, 6.07) is 0. The summed E-state index contributed by atoms with van der Waals surface area (Å²) in [4.78, 5) is 13.3. The standard InChI is InChI=1S/C57H108O16/c1-12-21-30-59-39-44-48(62-33-24-15-4)51(65-36-27-18-7)47(42(10)68-44)72-57-55(53(67-38-29-20-9)50(64-35-26-17-6)46(71-57)41-61-32-23-14-3)73-56-54(69-43(11)58)52(66-37-28-19-8)49(63-34-25-16-5)45(70-56)40-60-31-22-13-2/h42,44-57H,12-41H2,1-11H3/t42-,44?,45?,46?,47+,48-,49-,50-,51?,52?,53?,54-,55-,56-,57-/m1/s1. The Bertz CT molecular complexity index is 1320. The molecule has 0 aromatic carbocycles. The summed E-state index contributed by atoms with van der Waals surface area (Å²) < 4.78 is 102. The zero-order valence-electron chi connectivity index (χ0n) is 47.9. The van der Waals surface area contributed by atoms with Crippen LogP contribution in [0.2, 0.25) is 0 Å². The molecule has 0 radical (unpaired) electrons. The number of rotatable bonds is 44. The van der Waals surface area contributed by atoms with Crippen molar-refractivity contribution in [3.63, 3.8) is 0 Å². The van der Waals surface area contributed by atoms with E-state index in [4.69, 9.17) is 71.1 Å². The normalized spacial score (nSPS) is 30.8. The van der Waals surface area contributed by atoms with Crippen molar-refractivity contribution in [2.24, 2.45) is 0 Å². The summed E-state index contributed by atoms with van der Waals surface area (Å²) in [5, 5.41) is 0. The Hall–Kier alpha value is -1.09. The highest BCUT2D eigenvalue weighted by molar-refractivity contribution is 5.66. The zero-order chi connectivity index (χ0) is 53.1. The Balaban J connectivity index is 2.29. The molecule has 0 aliphatic carbocycles. The van der Waals surface area contributed by atoms with Gasteiger partial charge in [-0.05, 0) is 64.7 Å². The van der Waals surface area contributed by atoms with Crippen molar-refractivity contribution < 1.29 is 75.8 Å². The van der Waals surface area contributed by atoms with Crippen molar-refractivity contribution >= 4 is 5.97 Å². The molecule has 16 heteroatoms. The van der Waals surface area contributed by atoms with Crippen LogP contribution in [0.15, 0.2) is 0 Å². The van der Waals surface area contributed by atoms with Crippen molar-refractivity contribution in [3.05, 3.63) is 0 Å². The van der Waals surface area contributed by atoms with Crippen molar-refractivity contribution in [1.29, 1.82) is 0 Å². The van der Waals surface area contributed by atoms with Gasteiger partial charge in [-0.1, -0.05) is 120 Å². The van der Waals surface area contributed by atoms with Gasteiger partial charge in [0.2, 0.25) is 0 Å². The van der Waals surface area contributed by atoms with Crippen molar-refractivity contribution in [2.45, 2.75) is 284 Å². The minimum Gasteiger partial charge on any atom is -0.454 e. The summed E-state index contributed by atoms with van der Waals surface area (Å²) in [5.41, 5.74) is 0. The van der Waals surface area contributed by atoms with E-state index in [9.17, 15) is 4.79 Å². The molecular weight excluding hydrogens is 941 g/mol. The Kier molecular flexibility index (Phi) is 37.2. The van der Waals surface area contributed by atoms with Gasteiger partial charge in [0.25, 0.3) is 0 Å². The lowest BCUT2D eigenvalue weighted by Crippen LogP contribution is -2.68. The van der Waals surface area contributed by atoms with Crippen LogP contribution < -0.4 is 0 Å². The largest absolute Gasteiger partial charge is 0.454 e. The molecular formula is C57H108O16. The maximum Gasteiger partial charge on any atom is 0.303 e. The quantitative estimate of drug-likeness (QED) is 0.0419. The Labute approximate surface area is 443 Å². The number of hydrogen-bond donors (Lipinski definition) is 0. The predicted molar refractivity (Wildman–Crippen MR) is 282 cm³/mol. The molecule has 0 spiro atoms. The van der Waals surface area contributed by atoms with E-state index in [2.05, 4.69) is 62.3 Å². The molecule has 0 aromatic rings. The molecule has 0 bridgehead atoms. The molecule has 0 N–H and O–H groups in total. The number of carbonyl (C=O) groups is 1. The molecule has 15 atom stereocenters. The number of unbranched alkanes of at least 4 members (excludes halogenated alkanes) is 9.